The first kappa shape index (κ1) is 17.6. The highest BCUT2D eigenvalue weighted by Crippen LogP contribution is 2.31. The van der Waals surface area contributed by atoms with Gasteiger partial charge in [-0.25, -0.2) is 0 Å². The molecule has 0 fully saturated rings. The average molecular weight is 334 g/mol. The van der Waals surface area contributed by atoms with Crippen LogP contribution in [0.4, 0.5) is 0 Å². The molecule has 0 saturated carbocycles. The van der Waals surface area contributed by atoms with E-state index >= 15 is 0 Å². The number of hydrogen-bond acceptors (Lipinski definition) is 3. The molecule has 1 unspecified atom stereocenters. The van der Waals surface area contributed by atoms with Crippen LogP contribution in [0, 0.1) is 0 Å². The lowest BCUT2D eigenvalue weighted by atomic mass is 9.90. The van der Waals surface area contributed by atoms with Crippen molar-refractivity contribution in [1.82, 2.24) is 0 Å². The molecule has 0 saturated heterocycles. The van der Waals surface area contributed by atoms with Crippen LogP contribution in [0.5, 0.6) is 11.5 Å². The Hall–Kier alpha value is -1.71. The van der Waals surface area contributed by atoms with E-state index in [1.807, 2.05) is 24.3 Å². The number of benzene rings is 2. The van der Waals surface area contributed by atoms with Crippen molar-refractivity contribution < 1.29 is 9.47 Å². The van der Waals surface area contributed by atoms with Gasteiger partial charge in [-0.1, -0.05) is 36.7 Å². The van der Waals surface area contributed by atoms with Gasteiger partial charge in [-0.2, -0.15) is 0 Å². The predicted molar refractivity (Wildman–Crippen MR) is 95.9 cm³/mol. The fraction of sp³-hybridized carbons (Fsp3) is 0.368. The Bertz CT molecular complexity index is 658. The number of methoxy groups -OCH3 is 2. The van der Waals surface area contributed by atoms with E-state index in [1.165, 1.54) is 11.1 Å². The zero-order valence-electron chi connectivity index (χ0n) is 13.9. The van der Waals surface area contributed by atoms with E-state index in [-0.39, 0.29) is 5.92 Å². The quantitative estimate of drug-likeness (QED) is 0.825. The minimum Gasteiger partial charge on any atom is -0.496 e. The second kappa shape index (κ2) is 8.23. The summed E-state index contributed by atoms with van der Waals surface area (Å²) in [6, 6.07) is 12.2. The molecule has 2 aromatic carbocycles. The minimum atomic E-state index is 0.180. The van der Waals surface area contributed by atoms with E-state index in [2.05, 4.69) is 19.1 Å². The maximum absolute atomic E-state index is 6.25. The minimum absolute atomic E-state index is 0.180. The second-order valence-corrected chi connectivity index (χ2v) is 5.94. The van der Waals surface area contributed by atoms with Gasteiger partial charge in [-0.3, -0.25) is 0 Å². The van der Waals surface area contributed by atoms with Crippen molar-refractivity contribution in [3.8, 4) is 11.5 Å². The van der Waals surface area contributed by atoms with Crippen molar-refractivity contribution in [3.05, 3.63) is 58.1 Å². The topological polar surface area (TPSA) is 44.5 Å². The maximum atomic E-state index is 6.25. The van der Waals surface area contributed by atoms with Crippen LogP contribution in [0.3, 0.4) is 0 Å². The molecule has 0 spiro atoms. The highest BCUT2D eigenvalue weighted by molar-refractivity contribution is 6.32. The van der Waals surface area contributed by atoms with Crippen molar-refractivity contribution in [2.45, 2.75) is 25.7 Å². The van der Waals surface area contributed by atoms with Gasteiger partial charge >= 0.3 is 0 Å². The van der Waals surface area contributed by atoms with E-state index in [9.17, 15) is 0 Å². The summed E-state index contributed by atoms with van der Waals surface area (Å²) in [5, 5.41) is 0.609. The zero-order chi connectivity index (χ0) is 16.8. The molecule has 3 nitrogen and oxygen atoms in total. The number of ether oxygens (including phenoxy) is 2. The summed E-state index contributed by atoms with van der Waals surface area (Å²) < 4.78 is 10.7. The maximum Gasteiger partial charge on any atom is 0.137 e. The van der Waals surface area contributed by atoms with Crippen molar-refractivity contribution in [2.24, 2.45) is 5.73 Å². The van der Waals surface area contributed by atoms with Gasteiger partial charge in [0.1, 0.15) is 11.5 Å². The Morgan fingerprint density at radius 3 is 2.30 bits per heavy atom. The smallest absolute Gasteiger partial charge is 0.137 e. The molecule has 0 amide bonds. The summed E-state index contributed by atoms with van der Waals surface area (Å²) in [5.41, 5.74) is 9.60. The molecule has 0 aliphatic carbocycles. The Morgan fingerprint density at radius 1 is 1.04 bits per heavy atom. The van der Waals surface area contributed by atoms with Gasteiger partial charge in [0.25, 0.3) is 0 Å². The van der Waals surface area contributed by atoms with Gasteiger partial charge < -0.3 is 15.2 Å². The lowest BCUT2D eigenvalue weighted by molar-refractivity contribution is 0.407. The number of halogens is 1. The average Bonchev–Trinajstić information content (AvgIpc) is 2.59. The third kappa shape index (κ3) is 4.18. The molecule has 124 valence electrons. The molecule has 0 bridgehead atoms. The number of rotatable bonds is 7. The van der Waals surface area contributed by atoms with Crippen LogP contribution < -0.4 is 15.2 Å². The summed E-state index contributed by atoms with van der Waals surface area (Å²) in [4.78, 5) is 0. The van der Waals surface area contributed by atoms with Crippen molar-refractivity contribution in [3.63, 3.8) is 0 Å². The Balaban J connectivity index is 2.30. The lowest BCUT2D eigenvalue weighted by Crippen LogP contribution is -2.15. The number of nitrogens with two attached hydrogens (primary N) is 1. The van der Waals surface area contributed by atoms with Gasteiger partial charge in [0.15, 0.2) is 0 Å². The van der Waals surface area contributed by atoms with Crippen LogP contribution in [-0.2, 0) is 12.8 Å². The summed E-state index contributed by atoms with van der Waals surface area (Å²) in [6.07, 6.45) is 1.81. The first-order valence-corrected chi connectivity index (χ1v) is 8.20. The number of hydrogen-bond donors (Lipinski definition) is 1. The summed E-state index contributed by atoms with van der Waals surface area (Å²) >= 11 is 6.25. The summed E-state index contributed by atoms with van der Waals surface area (Å²) in [6.45, 7) is 2.69. The molecule has 4 heteroatoms. The normalized spacial score (nSPS) is 12.0. The van der Waals surface area contributed by atoms with Crippen LogP contribution in [0.1, 0.15) is 29.5 Å². The summed E-state index contributed by atoms with van der Waals surface area (Å²) in [5.74, 6) is 1.76. The molecule has 0 heterocycles. The third-order valence-corrected chi connectivity index (χ3v) is 4.45. The fourth-order valence-corrected chi connectivity index (χ4v) is 3.02. The first-order chi connectivity index (χ1) is 11.1. The SMILES string of the molecule is CCc1ccc(OC)c(CC(CN)c2ccc(OC)c(Cl)c2)c1. The lowest BCUT2D eigenvalue weighted by Gasteiger charge is -2.19. The van der Waals surface area contributed by atoms with Crippen molar-refractivity contribution in [2.75, 3.05) is 20.8 Å². The van der Waals surface area contributed by atoms with Gasteiger partial charge in [0.05, 0.1) is 19.2 Å². The van der Waals surface area contributed by atoms with E-state index in [0.717, 1.165) is 24.2 Å². The Kier molecular flexibility index (Phi) is 6.31. The number of aryl methyl sites for hydroxylation is 1. The Labute approximate surface area is 143 Å². The van der Waals surface area contributed by atoms with Crippen LogP contribution in [0.15, 0.2) is 36.4 Å². The highest BCUT2D eigenvalue weighted by atomic mass is 35.5. The van der Waals surface area contributed by atoms with E-state index in [0.29, 0.717) is 17.3 Å². The standard InChI is InChI=1S/C19H24ClNO2/c1-4-13-5-7-18(22-2)15(9-13)10-16(12-21)14-6-8-19(23-3)17(20)11-14/h5-9,11,16H,4,10,12,21H2,1-3H3. The summed E-state index contributed by atoms with van der Waals surface area (Å²) in [7, 11) is 3.31. The van der Waals surface area contributed by atoms with Gasteiger partial charge in [-0.05, 0) is 54.3 Å². The Morgan fingerprint density at radius 2 is 1.74 bits per heavy atom. The zero-order valence-corrected chi connectivity index (χ0v) is 14.7. The van der Waals surface area contributed by atoms with Crippen LogP contribution >= 0.6 is 11.6 Å². The molecule has 2 N–H and O–H groups in total. The second-order valence-electron chi connectivity index (χ2n) is 5.53. The van der Waals surface area contributed by atoms with E-state index in [4.69, 9.17) is 26.8 Å². The fourth-order valence-electron chi connectivity index (χ4n) is 2.75. The molecule has 0 aromatic heterocycles. The molecule has 0 aliphatic rings. The third-order valence-electron chi connectivity index (χ3n) is 4.15. The van der Waals surface area contributed by atoms with Crippen molar-refractivity contribution in [1.29, 1.82) is 0 Å². The molecule has 23 heavy (non-hydrogen) atoms. The molecule has 2 aromatic rings. The van der Waals surface area contributed by atoms with Crippen LogP contribution in [-0.4, -0.2) is 20.8 Å². The first-order valence-electron chi connectivity index (χ1n) is 7.82. The largest absolute Gasteiger partial charge is 0.496 e. The molecule has 0 aliphatic heterocycles. The van der Waals surface area contributed by atoms with Crippen LogP contribution in [0.2, 0.25) is 5.02 Å². The molecule has 1 atom stereocenters. The van der Waals surface area contributed by atoms with Crippen molar-refractivity contribution >= 4 is 11.6 Å². The molecule has 2 rings (SSSR count). The van der Waals surface area contributed by atoms with Gasteiger partial charge in [0.2, 0.25) is 0 Å². The predicted octanol–water partition coefficient (Wildman–Crippen LogP) is 4.20. The van der Waals surface area contributed by atoms with E-state index in [1.54, 1.807) is 14.2 Å². The molecular weight excluding hydrogens is 310 g/mol. The van der Waals surface area contributed by atoms with Gasteiger partial charge in [0, 0.05) is 5.92 Å². The van der Waals surface area contributed by atoms with Gasteiger partial charge in [-0.15, -0.1) is 0 Å². The molecular formula is C19H24ClNO2. The van der Waals surface area contributed by atoms with E-state index < -0.39 is 0 Å². The highest BCUT2D eigenvalue weighted by Gasteiger charge is 2.15. The molecule has 0 radical (unpaired) electrons. The van der Waals surface area contributed by atoms with Crippen LogP contribution in [0.25, 0.3) is 0 Å². The monoisotopic (exact) mass is 333 g/mol.